The van der Waals surface area contributed by atoms with Gasteiger partial charge < -0.3 is 4.90 Å². The lowest BCUT2D eigenvalue weighted by Crippen LogP contribution is -2.14. The Kier molecular flexibility index (Phi) is 5.66. The van der Waals surface area contributed by atoms with Crippen LogP contribution in [0.1, 0.15) is 20.8 Å². The van der Waals surface area contributed by atoms with Crippen molar-refractivity contribution in [2.45, 2.75) is 20.8 Å². The zero-order chi connectivity index (χ0) is 7.82. The number of rotatable bonds is 3. The second kappa shape index (κ2) is 6.22. The van der Waals surface area contributed by atoms with E-state index >= 15 is 0 Å². The standard InChI is InChI=1S/C9H15N/c1-4-7-8-9-10(5-2)6-3/h8-9H,5-6H2,1-3H3/b9-8+. The number of nitrogens with zero attached hydrogens (tertiary/aromatic N) is 1. The molecule has 0 radical (unpaired) electrons. The maximum Gasteiger partial charge on any atom is 0.0144 e. The van der Waals surface area contributed by atoms with E-state index < -0.39 is 0 Å². The van der Waals surface area contributed by atoms with Gasteiger partial charge in [0, 0.05) is 25.4 Å². The first kappa shape index (κ1) is 9.10. The van der Waals surface area contributed by atoms with Gasteiger partial charge in [0.05, 0.1) is 0 Å². The Morgan fingerprint density at radius 3 is 2.30 bits per heavy atom. The Morgan fingerprint density at radius 1 is 1.30 bits per heavy atom. The molecule has 10 heavy (non-hydrogen) atoms. The highest BCUT2D eigenvalue weighted by atomic mass is 15.1. The average Bonchev–Trinajstić information content (AvgIpc) is 1.99. The molecule has 0 aromatic heterocycles. The molecule has 0 heterocycles. The molecule has 0 saturated carbocycles. The van der Waals surface area contributed by atoms with Gasteiger partial charge in [0.15, 0.2) is 0 Å². The van der Waals surface area contributed by atoms with Crippen LogP contribution < -0.4 is 0 Å². The van der Waals surface area contributed by atoms with Crippen molar-refractivity contribution in [3.8, 4) is 11.8 Å². The van der Waals surface area contributed by atoms with Gasteiger partial charge in [-0.25, -0.2) is 0 Å². The molecule has 0 spiro atoms. The Morgan fingerprint density at radius 2 is 1.90 bits per heavy atom. The van der Waals surface area contributed by atoms with Crippen LogP contribution in [0.15, 0.2) is 12.3 Å². The van der Waals surface area contributed by atoms with Crippen molar-refractivity contribution < 1.29 is 0 Å². The summed E-state index contributed by atoms with van der Waals surface area (Å²) in [5.41, 5.74) is 0. The van der Waals surface area contributed by atoms with Crippen molar-refractivity contribution in [2.24, 2.45) is 0 Å². The molecule has 0 aliphatic heterocycles. The largest absolute Gasteiger partial charge is 0.377 e. The van der Waals surface area contributed by atoms with Crippen LogP contribution in [0.3, 0.4) is 0 Å². The monoisotopic (exact) mass is 137 g/mol. The summed E-state index contributed by atoms with van der Waals surface area (Å²) in [6.07, 6.45) is 3.91. The third-order valence-electron chi connectivity index (χ3n) is 1.33. The highest BCUT2D eigenvalue weighted by molar-refractivity contribution is 5.13. The first-order valence-electron chi connectivity index (χ1n) is 3.68. The average molecular weight is 137 g/mol. The van der Waals surface area contributed by atoms with Crippen LogP contribution >= 0.6 is 0 Å². The molecule has 0 bridgehead atoms. The van der Waals surface area contributed by atoms with Crippen molar-refractivity contribution in [2.75, 3.05) is 13.1 Å². The first-order valence-corrected chi connectivity index (χ1v) is 3.68. The molecule has 0 unspecified atom stereocenters. The summed E-state index contributed by atoms with van der Waals surface area (Å²) in [7, 11) is 0. The van der Waals surface area contributed by atoms with Crippen LogP contribution in [0.4, 0.5) is 0 Å². The molecule has 0 atom stereocenters. The normalized spacial score (nSPS) is 9.10. The molecular weight excluding hydrogens is 122 g/mol. The van der Waals surface area contributed by atoms with Gasteiger partial charge >= 0.3 is 0 Å². The minimum absolute atomic E-state index is 1.05. The van der Waals surface area contributed by atoms with Crippen molar-refractivity contribution in [1.82, 2.24) is 4.90 Å². The van der Waals surface area contributed by atoms with Crippen LogP contribution in [-0.4, -0.2) is 18.0 Å². The Balaban J connectivity index is 3.68. The Hall–Kier alpha value is -0.900. The molecule has 0 amide bonds. The molecular formula is C9H15N. The molecule has 1 nitrogen and oxygen atoms in total. The summed E-state index contributed by atoms with van der Waals surface area (Å²) >= 11 is 0. The Bertz CT molecular complexity index is 144. The van der Waals surface area contributed by atoms with Crippen LogP contribution in [0.2, 0.25) is 0 Å². The first-order chi connectivity index (χ1) is 4.85. The van der Waals surface area contributed by atoms with E-state index in [-0.39, 0.29) is 0 Å². The lowest BCUT2D eigenvalue weighted by molar-refractivity contribution is 0.419. The summed E-state index contributed by atoms with van der Waals surface area (Å²) in [4.78, 5) is 2.20. The fraction of sp³-hybridized carbons (Fsp3) is 0.556. The number of hydrogen-bond acceptors (Lipinski definition) is 1. The quantitative estimate of drug-likeness (QED) is 0.537. The molecule has 0 aromatic carbocycles. The van der Waals surface area contributed by atoms with E-state index in [1.807, 2.05) is 19.2 Å². The minimum atomic E-state index is 1.05. The predicted molar refractivity (Wildman–Crippen MR) is 45.5 cm³/mol. The van der Waals surface area contributed by atoms with E-state index in [1.165, 1.54) is 0 Å². The smallest absolute Gasteiger partial charge is 0.0144 e. The molecule has 0 N–H and O–H groups in total. The van der Waals surface area contributed by atoms with E-state index in [2.05, 4.69) is 30.6 Å². The predicted octanol–water partition coefficient (Wildman–Crippen LogP) is 1.87. The fourth-order valence-electron chi connectivity index (χ4n) is 0.660. The van der Waals surface area contributed by atoms with E-state index in [9.17, 15) is 0 Å². The molecule has 0 aliphatic rings. The number of hydrogen-bond donors (Lipinski definition) is 0. The molecule has 0 saturated heterocycles. The zero-order valence-corrected chi connectivity index (χ0v) is 7.02. The van der Waals surface area contributed by atoms with Crippen LogP contribution in [0.5, 0.6) is 0 Å². The SMILES string of the molecule is CC#C/C=C/N(CC)CC. The van der Waals surface area contributed by atoms with E-state index in [4.69, 9.17) is 0 Å². The van der Waals surface area contributed by atoms with E-state index in [1.54, 1.807) is 0 Å². The van der Waals surface area contributed by atoms with Gasteiger partial charge in [-0.2, -0.15) is 0 Å². The second-order valence-electron chi connectivity index (χ2n) is 1.93. The van der Waals surface area contributed by atoms with Crippen LogP contribution in [0, 0.1) is 11.8 Å². The highest BCUT2D eigenvalue weighted by Crippen LogP contribution is 1.86. The summed E-state index contributed by atoms with van der Waals surface area (Å²) in [5.74, 6) is 5.68. The van der Waals surface area contributed by atoms with Gasteiger partial charge in [-0.05, 0) is 20.8 Å². The van der Waals surface area contributed by atoms with Crippen molar-refractivity contribution >= 4 is 0 Å². The molecule has 0 aromatic rings. The van der Waals surface area contributed by atoms with Crippen molar-refractivity contribution in [3.05, 3.63) is 12.3 Å². The fourth-order valence-corrected chi connectivity index (χ4v) is 0.660. The Labute approximate surface area is 63.7 Å². The van der Waals surface area contributed by atoms with Crippen LogP contribution in [0.25, 0.3) is 0 Å². The lowest BCUT2D eigenvalue weighted by atomic mass is 10.5. The molecule has 0 fully saturated rings. The van der Waals surface area contributed by atoms with Gasteiger partial charge in [-0.1, -0.05) is 5.92 Å². The van der Waals surface area contributed by atoms with Crippen LogP contribution in [-0.2, 0) is 0 Å². The van der Waals surface area contributed by atoms with Crippen molar-refractivity contribution in [1.29, 1.82) is 0 Å². The van der Waals surface area contributed by atoms with Gasteiger partial charge in [0.1, 0.15) is 0 Å². The van der Waals surface area contributed by atoms with Crippen molar-refractivity contribution in [3.63, 3.8) is 0 Å². The third kappa shape index (κ3) is 4.03. The lowest BCUT2D eigenvalue weighted by Gasteiger charge is -2.13. The second-order valence-corrected chi connectivity index (χ2v) is 1.93. The maximum atomic E-state index is 2.88. The molecule has 56 valence electrons. The van der Waals surface area contributed by atoms with Gasteiger partial charge in [0.2, 0.25) is 0 Å². The topological polar surface area (TPSA) is 3.24 Å². The van der Waals surface area contributed by atoms with Gasteiger partial charge in [0.25, 0.3) is 0 Å². The summed E-state index contributed by atoms with van der Waals surface area (Å²) in [6.45, 7) is 8.21. The highest BCUT2D eigenvalue weighted by Gasteiger charge is 1.85. The summed E-state index contributed by atoms with van der Waals surface area (Å²) in [5, 5.41) is 0. The molecule has 0 aliphatic carbocycles. The van der Waals surface area contributed by atoms with Gasteiger partial charge in [-0.3, -0.25) is 0 Å². The summed E-state index contributed by atoms with van der Waals surface area (Å²) < 4.78 is 0. The minimum Gasteiger partial charge on any atom is -0.377 e. The molecule has 0 rings (SSSR count). The van der Waals surface area contributed by atoms with E-state index in [0.717, 1.165) is 13.1 Å². The van der Waals surface area contributed by atoms with E-state index in [0.29, 0.717) is 0 Å². The third-order valence-corrected chi connectivity index (χ3v) is 1.33. The zero-order valence-electron chi connectivity index (χ0n) is 7.02. The maximum absolute atomic E-state index is 2.88. The number of allylic oxidation sites excluding steroid dienone is 1. The summed E-state index contributed by atoms with van der Waals surface area (Å²) in [6, 6.07) is 0. The molecule has 1 heteroatoms. The van der Waals surface area contributed by atoms with Gasteiger partial charge in [-0.15, -0.1) is 5.92 Å².